The fourth-order valence-electron chi connectivity index (χ4n) is 2.01. The average Bonchev–Trinajstić information content (AvgIpc) is 2.88. The molecule has 3 rings (SSSR count). The second kappa shape index (κ2) is 11.5. The molecule has 0 aliphatic heterocycles. The standard InChI is InChI=1S/C19H20Br2N6O4S/c1-2-7-26-32(28,29)27-17-16(13-3-5-14(20)6-4-13)18(25-12-24-17)30-8-9-31-19-22-10-15(21)11-23-19/h3-6,10-12,26H,2,7-9H2,1H3,(H,24,25,27)/i3D,4D,5D,6D,7D2,9D2,10D,11D. The molecule has 0 aliphatic rings. The van der Waals surface area contributed by atoms with Crippen molar-refractivity contribution in [1.82, 2.24) is 24.7 Å². The topological polar surface area (TPSA) is 128 Å². The number of aromatic nitrogens is 4. The third-order valence-electron chi connectivity index (χ3n) is 3.20. The van der Waals surface area contributed by atoms with Gasteiger partial charge in [-0.05, 0) is 40.0 Å². The Morgan fingerprint density at radius 1 is 1.06 bits per heavy atom. The molecular formula is C19H20Br2N6O4S. The van der Waals surface area contributed by atoms with Gasteiger partial charge in [-0.2, -0.15) is 13.1 Å². The number of hydrogen-bond donors (Lipinski definition) is 2. The summed E-state index contributed by atoms with van der Waals surface area (Å²) in [4.78, 5) is 14.9. The molecule has 0 amide bonds. The molecule has 2 heterocycles. The fraction of sp³-hybridized carbons (Fsp3) is 0.263. The van der Waals surface area contributed by atoms with Crippen LogP contribution in [0.2, 0.25) is 0 Å². The smallest absolute Gasteiger partial charge is 0.316 e. The lowest BCUT2D eigenvalue weighted by atomic mass is 10.1. The summed E-state index contributed by atoms with van der Waals surface area (Å²) in [6.07, 6.45) is -0.342. The summed E-state index contributed by atoms with van der Waals surface area (Å²) >= 11 is 5.90. The Balaban J connectivity index is 2.11. The highest BCUT2D eigenvalue weighted by atomic mass is 79.9. The van der Waals surface area contributed by atoms with Gasteiger partial charge < -0.3 is 9.47 Å². The molecule has 0 fully saturated rings. The van der Waals surface area contributed by atoms with Crippen molar-refractivity contribution in [2.75, 3.05) is 24.4 Å². The first kappa shape index (κ1) is 14.0. The number of nitrogens with one attached hydrogen (secondary N) is 2. The van der Waals surface area contributed by atoms with Crippen molar-refractivity contribution in [1.29, 1.82) is 0 Å². The first-order valence-corrected chi connectivity index (χ1v) is 11.6. The van der Waals surface area contributed by atoms with Crippen LogP contribution in [-0.2, 0) is 10.2 Å². The predicted octanol–water partition coefficient (Wildman–Crippen LogP) is 3.57. The van der Waals surface area contributed by atoms with Crippen LogP contribution >= 0.6 is 31.9 Å². The first-order valence-electron chi connectivity index (χ1n) is 13.5. The molecule has 170 valence electrons. The van der Waals surface area contributed by atoms with Crippen molar-refractivity contribution >= 4 is 47.9 Å². The Bertz CT molecular complexity index is 1590. The number of halogens is 2. The van der Waals surface area contributed by atoms with Gasteiger partial charge >= 0.3 is 6.01 Å². The lowest BCUT2D eigenvalue weighted by Gasteiger charge is -2.15. The van der Waals surface area contributed by atoms with Crippen LogP contribution in [0.25, 0.3) is 11.1 Å². The molecule has 0 unspecified atom stereocenters. The van der Waals surface area contributed by atoms with Crippen LogP contribution in [0, 0.1) is 0 Å². The zero-order valence-electron chi connectivity index (χ0n) is 26.1. The molecule has 0 bridgehead atoms. The third-order valence-corrected chi connectivity index (χ3v) is 4.83. The Kier molecular flexibility index (Phi) is 5.04. The molecule has 0 saturated heterocycles. The molecule has 0 spiro atoms. The van der Waals surface area contributed by atoms with E-state index in [-0.39, 0.29) is 15.4 Å². The summed E-state index contributed by atoms with van der Waals surface area (Å²) in [5.41, 5.74) is -1.04. The molecule has 32 heavy (non-hydrogen) atoms. The van der Waals surface area contributed by atoms with E-state index in [2.05, 4.69) is 51.8 Å². The number of rotatable bonds is 11. The summed E-state index contributed by atoms with van der Waals surface area (Å²) in [5.74, 6) is -1.24. The van der Waals surface area contributed by atoms with E-state index in [1.165, 1.54) is 6.92 Å². The number of anilines is 1. The van der Waals surface area contributed by atoms with Gasteiger partial charge in [-0.25, -0.2) is 19.9 Å². The van der Waals surface area contributed by atoms with Crippen LogP contribution in [0.1, 0.15) is 27.1 Å². The lowest BCUT2D eigenvalue weighted by Crippen LogP contribution is -2.31. The zero-order valence-corrected chi connectivity index (χ0v) is 20.1. The lowest BCUT2D eigenvalue weighted by molar-refractivity contribution is 0.202. The second-order valence-corrected chi connectivity index (χ2v) is 8.41. The molecular weight excluding hydrogens is 568 g/mol. The molecule has 2 aromatic heterocycles. The largest absolute Gasteiger partial charge is 0.473 e. The van der Waals surface area contributed by atoms with Crippen LogP contribution < -0.4 is 18.9 Å². The van der Waals surface area contributed by atoms with Crippen molar-refractivity contribution < 1.29 is 31.6 Å². The zero-order chi connectivity index (χ0) is 31.8. The Morgan fingerprint density at radius 2 is 1.78 bits per heavy atom. The maximum absolute atomic E-state index is 12.8. The number of nitrogens with zero attached hydrogens (tertiary/aromatic N) is 4. The van der Waals surface area contributed by atoms with Crippen LogP contribution in [0.3, 0.4) is 0 Å². The highest BCUT2D eigenvalue weighted by Gasteiger charge is 2.19. The molecule has 0 atom stereocenters. The van der Waals surface area contributed by atoms with Gasteiger partial charge in [0.05, 0.1) is 21.0 Å². The van der Waals surface area contributed by atoms with Gasteiger partial charge in [0.2, 0.25) is 5.88 Å². The van der Waals surface area contributed by atoms with E-state index in [1.807, 2.05) is 4.72 Å². The van der Waals surface area contributed by atoms with E-state index >= 15 is 0 Å². The van der Waals surface area contributed by atoms with Crippen molar-refractivity contribution in [3.8, 4) is 23.0 Å². The summed E-state index contributed by atoms with van der Waals surface area (Å²) in [7, 11) is -4.70. The molecule has 0 aliphatic carbocycles. The van der Waals surface area contributed by atoms with E-state index < -0.39 is 95.2 Å². The van der Waals surface area contributed by atoms with E-state index in [0.29, 0.717) is 0 Å². The minimum absolute atomic E-state index is 0.0526. The summed E-state index contributed by atoms with van der Waals surface area (Å²) in [5, 5.41) is 0. The molecule has 10 nitrogen and oxygen atoms in total. The van der Waals surface area contributed by atoms with Gasteiger partial charge in [-0.3, -0.25) is 4.72 Å². The predicted molar refractivity (Wildman–Crippen MR) is 127 cm³/mol. The highest BCUT2D eigenvalue weighted by Crippen LogP contribution is 2.34. The SMILES string of the molecule is [2H]c1nc(OC([2H])([2H])COc2ncnc(NS(=O)(=O)NC([2H])([2H])CC)c2-c2c([2H])c([2H])c(Br)c([2H])c2[2H])nc([2H])c1Br. The second-order valence-electron chi connectivity index (χ2n) is 5.41. The number of ether oxygens (including phenoxy) is 2. The van der Waals surface area contributed by atoms with E-state index in [9.17, 15) is 8.42 Å². The minimum Gasteiger partial charge on any atom is -0.473 e. The summed E-state index contributed by atoms with van der Waals surface area (Å²) < 4.78 is 120. The number of benzene rings is 1. The first-order chi connectivity index (χ1) is 19.3. The van der Waals surface area contributed by atoms with Gasteiger partial charge in [0.25, 0.3) is 10.2 Å². The van der Waals surface area contributed by atoms with Gasteiger partial charge in [-0.1, -0.05) is 34.9 Å². The highest BCUT2D eigenvalue weighted by molar-refractivity contribution is 9.10. The normalized spacial score (nSPS) is 16.6. The Morgan fingerprint density at radius 3 is 2.47 bits per heavy atom. The van der Waals surface area contributed by atoms with Gasteiger partial charge in [-0.15, -0.1) is 0 Å². The fourth-order valence-corrected chi connectivity index (χ4v) is 3.18. The van der Waals surface area contributed by atoms with Gasteiger partial charge in [0, 0.05) is 26.1 Å². The monoisotopic (exact) mass is 596 g/mol. The van der Waals surface area contributed by atoms with Crippen molar-refractivity contribution in [3.63, 3.8) is 0 Å². The molecule has 13 heteroatoms. The molecule has 0 saturated carbocycles. The summed E-state index contributed by atoms with van der Waals surface area (Å²) in [6, 6.07) is -3.07. The van der Waals surface area contributed by atoms with Crippen molar-refractivity contribution in [2.24, 2.45) is 0 Å². The Hall–Kier alpha value is -2.35. The molecule has 0 radical (unpaired) electrons. The molecule has 2 N–H and O–H groups in total. The molecule has 3 aromatic rings. The maximum Gasteiger partial charge on any atom is 0.316 e. The minimum atomic E-state index is -4.70. The van der Waals surface area contributed by atoms with Gasteiger partial charge in [0.15, 0.2) is 5.82 Å². The van der Waals surface area contributed by atoms with Crippen LogP contribution in [0.15, 0.2) is 51.8 Å². The maximum atomic E-state index is 12.8. The third kappa shape index (κ3) is 7.08. The van der Waals surface area contributed by atoms with E-state index in [4.69, 9.17) is 23.2 Å². The average molecular weight is 598 g/mol. The molecule has 1 aromatic carbocycles. The van der Waals surface area contributed by atoms with Gasteiger partial charge in [0.1, 0.15) is 19.5 Å². The number of hydrogen-bond acceptors (Lipinski definition) is 8. The Labute approximate surface area is 216 Å². The van der Waals surface area contributed by atoms with Crippen LogP contribution in [0.4, 0.5) is 5.82 Å². The van der Waals surface area contributed by atoms with Crippen molar-refractivity contribution in [2.45, 2.75) is 13.3 Å². The van der Waals surface area contributed by atoms with E-state index in [1.54, 1.807) is 4.72 Å². The van der Waals surface area contributed by atoms with Crippen molar-refractivity contribution in [3.05, 3.63) is 51.8 Å². The van der Waals surface area contributed by atoms with Crippen LogP contribution in [0.5, 0.6) is 11.9 Å². The summed E-state index contributed by atoms with van der Waals surface area (Å²) in [6.45, 7) is -4.73. The van der Waals surface area contributed by atoms with Crippen LogP contribution in [-0.4, -0.2) is 48.0 Å². The van der Waals surface area contributed by atoms with E-state index in [0.717, 1.165) is 6.33 Å². The quantitative estimate of drug-likeness (QED) is 0.343.